The first-order valence-corrected chi connectivity index (χ1v) is 10.2. The summed E-state index contributed by atoms with van der Waals surface area (Å²) in [7, 11) is 0. The molecule has 126 valence electrons. The molecule has 0 aromatic carbocycles. The number of rotatable bonds is 15. The third-order valence-electron chi connectivity index (χ3n) is 3.78. The maximum absolute atomic E-state index is 11.3. The van der Waals surface area contributed by atoms with E-state index < -0.39 is 0 Å². The molecule has 3 heteroatoms. The molecule has 0 saturated heterocycles. The van der Waals surface area contributed by atoms with E-state index in [0.717, 1.165) is 6.42 Å². The van der Waals surface area contributed by atoms with Crippen LogP contribution in [0.25, 0.3) is 0 Å². The summed E-state index contributed by atoms with van der Waals surface area (Å²) in [6.07, 6.45) is 18.0. The van der Waals surface area contributed by atoms with Gasteiger partial charge in [0.25, 0.3) is 0 Å². The Kier molecular flexibility index (Phi) is 16.7. The van der Waals surface area contributed by atoms with Crippen LogP contribution in [-0.4, -0.2) is 10.1 Å². The molecule has 1 atom stereocenters. The summed E-state index contributed by atoms with van der Waals surface area (Å²) < 4.78 is 5.10. The number of carbonyl (C=O) groups is 1. The van der Waals surface area contributed by atoms with E-state index in [-0.39, 0.29) is 10.1 Å². The lowest BCUT2D eigenvalue weighted by Gasteiger charge is -2.06. The van der Waals surface area contributed by atoms with Gasteiger partial charge >= 0.3 is 5.97 Å². The van der Waals surface area contributed by atoms with Crippen LogP contribution in [-0.2, 0) is 9.53 Å². The van der Waals surface area contributed by atoms with Crippen molar-refractivity contribution in [2.45, 2.75) is 108 Å². The van der Waals surface area contributed by atoms with Gasteiger partial charge in [0.1, 0.15) is 4.11 Å². The minimum Gasteiger partial charge on any atom is -0.452 e. The van der Waals surface area contributed by atoms with Crippen molar-refractivity contribution in [1.29, 1.82) is 0 Å². The van der Waals surface area contributed by atoms with Crippen LogP contribution < -0.4 is 0 Å². The van der Waals surface area contributed by atoms with Crippen LogP contribution in [0.15, 0.2) is 0 Å². The molecule has 1 unspecified atom stereocenters. The Morgan fingerprint density at radius 3 is 1.57 bits per heavy atom. The zero-order valence-electron chi connectivity index (χ0n) is 14.2. The van der Waals surface area contributed by atoms with Gasteiger partial charge in [0.15, 0.2) is 0 Å². The van der Waals surface area contributed by atoms with Gasteiger partial charge in [-0.05, 0) is 35.9 Å². The molecule has 21 heavy (non-hydrogen) atoms. The second kappa shape index (κ2) is 16.6. The molecule has 0 heterocycles. The minimum atomic E-state index is -0.0417. The molecule has 0 aliphatic carbocycles. The van der Waals surface area contributed by atoms with Crippen LogP contribution >= 0.6 is 22.6 Å². The van der Waals surface area contributed by atoms with Crippen molar-refractivity contribution in [3.8, 4) is 0 Å². The van der Waals surface area contributed by atoms with Crippen molar-refractivity contribution >= 4 is 28.6 Å². The Morgan fingerprint density at radius 1 is 0.810 bits per heavy atom. The summed E-state index contributed by atoms with van der Waals surface area (Å²) >= 11 is 2.11. The third kappa shape index (κ3) is 18.2. The quantitative estimate of drug-likeness (QED) is 0.129. The van der Waals surface area contributed by atoms with Gasteiger partial charge in [-0.1, -0.05) is 84.0 Å². The third-order valence-corrected chi connectivity index (χ3v) is 4.03. The normalized spacial score (nSPS) is 12.3. The molecule has 0 aromatic rings. The highest BCUT2D eigenvalue weighted by Crippen LogP contribution is 2.13. The van der Waals surface area contributed by atoms with E-state index in [1.807, 2.05) is 6.92 Å². The summed E-state index contributed by atoms with van der Waals surface area (Å²) in [5.41, 5.74) is 0. The second-order valence-electron chi connectivity index (χ2n) is 6.03. The Hall–Kier alpha value is 0.200. The molecular formula is C18H35IO2. The van der Waals surface area contributed by atoms with Crippen molar-refractivity contribution in [2.24, 2.45) is 0 Å². The van der Waals surface area contributed by atoms with E-state index >= 15 is 0 Å². The zero-order chi connectivity index (χ0) is 15.8. The number of hydrogen-bond donors (Lipinski definition) is 0. The van der Waals surface area contributed by atoms with Crippen LogP contribution in [0, 0.1) is 0 Å². The molecule has 0 spiro atoms. The Morgan fingerprint density at radius 2 is 1.19 bits per heavy atom. The van der Waals surface area contributed by atoms with Gasteiger partial charge < -0.3 is 4.74 Å². The average molecular weight is 410 g/mol. The summed E-state index contributed by atoms with van der Waals surface area (Å²) in [4.78, 5) is 11.3. The van der Waals surface area contributed by atoms with Crippen molar-refractivity contribution in [3.63, 3.8) is 0 Å². The monoisotopic (exact) mass is 410 g/mol. The first-order valence-electron chi connectivity index (χ1n) is 9.00. The Labute approximate surface area is 145 Å². The topological polar surface area (TPSA) is 26.3 Å². The molecule has 0 fully saturated rings. The molecule has 0 aliphatic rings. The fourth-order valence-corrected chi connectivity index (χ4v) is 2.81. The number of halogens is 1. The van der Waals surface area contributed by atoms with Crippen molar-refractivity contribution in [1.82, 2.24) is 0 Å². The SMILES string of the molecule is CCCCCCCCCCCCCCCC(=O)OC(C)I. The summed E-state index contributed by atoms with van der Waals surface area (Å²) in [5.74, 6) is -0.0417. The number of unbranched alkanes of at least 4 members (excludes halogenated alkanes) is 12. The standard InChI is InChI=1S/C18H35IO2/c1-3-4-5-6-7-8-9-10-11-12-13-14-15-16-18(20)21-17(2)19/h17H,3-16H2,1-2H3. The van der Waals surface area contributed by atoms with E-state index in [0.29, 0.717) is 6.42 Å². The summed E-state index contributed by atoms with van der Waals surface area (Å²) in [6.45, 7) is 4.16. The van der Waals surface area contributed by atoms with Gasteiger partial charge in [-0.3, -0.25) is 4.79 Å². The second-order valence-corrected chi connectivity index (χ2v) is 7.78. The highest BCUT2D eigenvalue weighted by molar-refractivity contribution is 14.1. The lowest BCUT2D eigenvalue weighted by atomic mass is 10.0. The molecule has 0 rings (SSSR count). The Balaban J connectivity index is 3.07. The van der Waals surface area contributed by atoms with E-state index in [2.05, 4.69) is 29.5 Å². The molecule has 0 radical (unpaired) electrons. The lowest BCUT2D eigenvalue weighted by Crippen LogP contribution is -2.08. The van der Waals surface area contributed by atoms with Crippen LogP contribution in [0.4, 0.5) is 0 Å². The molecular weight excluding hydrogens is 375 g/mol. The van der Waals surface area contributed by atoms with Crippen LogP contribution in [0.5, 0.6) is 0 Å². The van der Waals surface area contributed by atoms with E-state index in [1.54, 1.807) is 0 Å². The summed E-state index contributed by atoms with van der Waals surface area (Å²) in [5, 5.41) is 0. The van der Waals surface area contributed by atoms with Gasteiger partial charge in [-0.15, -0.1) is 0 Å². The van der Waals surface area contributed by atoms with E-state index in [9.17, 15) is 4.79 Å². The smallest absolute Gasteiger partial charge is 0.306 e. The van der Waals surface area contributed by atoms with Gasteiger partial charge in [0.05, 0.1) is 0 Å². The fourth-order valence-electron chi connectivity index (χ4n) is 2.53. The number of carbonyl (C=O) groups excluding carboxylic acids is 1. The predicted octanol–water partition coefficient (Wildman–Crippen LogP) is 6.79. The van der Waals surface area contributed by atoms with Crippen molar-refractivity contribution in [3.05, 3.63) is 0 Å². The van der Waals surface area contributed by atoms with Crippen molar-refractivity contribution in [2.75, 3.05) is 0 Å². The fraction of sp³-hybridized carbons (Fsp3) is 0.944. The Bertz CT molecular complexity index is 229. The van der Waals surface area contributed by atoms with E-state index in [1.165, 1.54) is 77.0 Å². The average Bonchev–Trinajstić information content (AvgIpc) is 2.43. The molecule has 0 aromatic heterocycles. The maximum atomic E-state index is 11.3. The number of hydrogen-bond acceptors (Lipinski definition) is 2. The minimum absolute atomic E-state index is 0.00271. The number of alkyl halides is 1. The summed E-state index contributed by atoms with van der Waals surface area (Å²) in [6, 6.07) is 0. The van der Waals surface area contributed by atoms with Gasteiger partial charge in [-0.25, -0.2) is 0 Å². The molecule has 0 aliphatic heterocycles. The largest absolute Gasteiger partial charge is 0.452 e. The highest BCUT2D eigenvalue weighted by atomic mass is 127. The van der Waals surface area contributed by atoms with Crippen LogP contribution in [0.2, 0.25) is 0 Å². The number of ether oxygens (including phenoxy) is 1. The van der Waals surface area contributed by atoms with Crippen LogP contribution in [0.1, 0.15) is 104 Å². The molecule has 0 amide bonds. The zero-order valence-corrected chi connectivity index (χ0v) is 16.3. The van der Waals surface area contributed by atoms with Gasteiger partial charge in [0.2, 0.25) is 0 Å². The van der Waals surface area contributed by atoms with Crippen molar-refractivity contribution < 1.29 is 9.53 Å². The molecule has 0 saturated carbocycles. The number of esters is 1. The molecule has 0 bridgehead atoms. The molecule has 0 N–H and O–H groups in total. The van der Waals surface area contributed by atoms with Gasteiger partial charge in [-0.2, -0.15) is 0 Å². The predicted molar refractivity (Wildman–Crippen MR) is 99.9 cm³/mol. The van der Waals surface area contributed by atoms with E-state index in [4.69, 9.17) is 4.74 Å². The van der Waals surface area contributed by atoms with Crippen LogP contribution in [0.3, 0.4) is 0 Å². The highest BCUT2D eigenvalue weighted by Gasteiger charge is 2.05. The molecule has 2 nitrogen and oxygen atoms in total. The first kappa shape index (κ1) is 21.2. The van der Waals surface area contributed by atoms with Gasteiger partial charge in [0, 0.05) is 6.42 Å². The maximum Gasteiger partial charge on any atom is 0.306 e. The lowest BCUT2D eigenvalue weighted by molar-refractivity contribution is -0.144. The first-order chi connectivity index (χ1) is 10.2.